The van der Waals surface area contributed by atoms with Crippen LogP contribution in [0.3, 0.4) is 0 Å². The first kappa shape index (κ1) is 23.5. The summed E-state index contributed by atoms with van der Waals surface area (Å²) in [5, 5.41) is 0.303. The summed E-state index contributed by atoms with van der Waals surface area (Å²) >= 11 is 5.22. The van der Waals surface area contributed by atoms with Crippen molar-refractivity contribution in [3.63, 3.8) is 0 Å². The first-order valence-electron chi connectivity index (χ1n) is 9.02. The van der Waals surface area contributed by atoms with E-state index in [1.54, 1.807) is 35.3 Å². The summed E-state index contributed by atoms with van der Waals surface area (Å²) in [4.78, 5) is 14.6. The Labute approximate surface area is 195 Å². The number of rotatable bonds is 8. The van der Waals surface area contributed by atoms with Gasteiger partial charge in [-0.25, -0.2) is 0 Å². The van der Waals surface area contributed by atoms with E-state index in [0.717, 1.165) is 0 Å². The van der Waals surface area contributed by atoms with Gasteiger partial charge < -0.3 is 0 Å². The molecule has 3 aromatic rings. The van der Waals surface area contributed by atoms with Crippen LogP contribution in [0, 0.1) is 0 Å². The minimum atomic E-state index is -4.02. The van der Waals surface area contributed by atoms with Crippen LogP contribution >= 0.6 is 11.6 Å². The summed E-state index contributed by atoms with van der Waals surface area (Å²) in [6, 6.07) is 18.2. The maximum absolute atomic E-state index is 14.1. The Morgan fingerprint density at radius 1 is 1.06 bits per heavy atom. The molecule has 0 bridgehead atoms. The van der Waals surface area contributed by atoms with Crippen molar-refractivity contribution in [1.82, 2.24) is 0 Å². The van der Waals surface area contributed by atoms with Crippen LogP contribution in [0.15, 0.2) is 77.7 Å². The third-order valence-electron chi connectivity index (χ3n) is 4.28. The van der Waals surface area contributed by atoms with E-state index in [2.05, 4.69) is 4.72 Å². The molecule has 0 aliphatic rings. The fourth-order valence-electron chi connectivity index (χ4n) is 2.67. The number of hydrogen-bond donors (Lipinski definition) is 1. The molecule has 1 N–H and O–H groups in total. The molecule has 164 valence electrons. The van der Waals surface area contributed by atoms with Gasteiger partial charge in [0.1, 0.15) is 0 Å². The summed E-state index contributed by atoms with van der Waals surface area (Å²) < 4.78 is 45.8. The van der Waals surface area contributed by atoms with Crippen molar-refractivity contribution >= 4 is 33.1 Å². The van der Waals surface area contributed by atoms with E-state index in [0.29, 0.717) is 10.6 Å². The van der Waals surface area contributed by atoms with Crippen molar-refractivity contribution in [2.24, 2.45) is 0 Å². The predicted octanol–water partition coefficient (Wildman–Crippen LogP) is 2.11. The number of carbonyl (C=O) groups is 1. The monoisotopic (exact) mass is 574 g/mol. The second-order valence-corrected chi connectivity index (χ2v) is 11.7. The molecule has 1 unspecified atom stereocenters. The van der Waals surface area contributed by atoms with Crippen LogP contribution in [0.2, 0.25) is 5.02 Å². The maximum atomic E-state index is 14.1. The van der Waals surface area contributed by atoms with Crippen LogP contribution in [0.1, 0.15) is 22.8 Å². The number of alkyl halides is 3. The van der Waals surface area contributed by atoms with E-state index in [1.807, 2.05) is 0 Å². The predicted molar refractivity (Wildman–Crippen MR) is 115 cm³/mol. The Morgan fingerprint density at radius 3 is 2.32 bits per heavy atom. The zero-order valence-electron chi connectivity index (χ0n) is 16.6. The van der Waals surface area contributed by atoms with Crippen molar-refractivity contribution in [3.8, 4) is 5.75 Å². The number of halogens is 3. The van der Waals surface area contributed by atoms with Crippen LogP contribution in [0.5, 0.6) is 5.75 Å². The summed E-state index contributed by atoms with van der Waals surface area (Å²) in [6.07, 6.45) is 0. The molecule has 9 heteroatoms. The molecular weight excluding hydrogens is 556 g/mol. The van der Waals surface area contributed by atoms with Gasteiger partial charge in [-0.1, -0.05) is 41.9 Å². The first-order chi connectivity index (χ1) is 14.6. The van der Waals surface area contributed by atoms with Gasteiger partial charge in [0.25, 0.3) is 0 Å². The number of carbonyl (C=O) groups excluding carboxylic acids is 1. The molecule has 3 rings (SSSR count). The van der Waals surface area contributed by atoms with Gasteiger partial charge in [-0.05, 0) is 0 Å². The van der Waals surface area contributed by atoms with Gasteiger partial charge in [0.05, 0.1) is 0 Å². The molecule has 3 aromatic carbocycles. The fraction of sp³-hybridized carbons (Fsp3) is 0.136. The molecule has 0 aliphatic carbocycles. The molecule has 5 nitrogen and oxygen atoms in total. The van der Waals surface area contributed by atoms with Crippen LogP contribution in [0.4, 0.5) is 10.1 Å². The van der Waals surface area contributed by atoms with Gasteiger partial charge >= 0.3 is 155 Å². The van der Waals surface area contributed by atoms with Crippen molar-refractivity contribution < 1.29 is 43.5 Å². The molecular formula is C22H19ClFINO4S-. The number of nitrogens with one attached hydrogen (secondary N) is 1. The summed E-state index contributed by atoms with van der Waals surface area (Å²) in [5.41, 5.74) is 0.632. The molecule has 1 atom stereocenters. The average molecular weight is 575 g/mol. The number of anilines is 1. The van der Waals surface area contributed by atoms with E-state index in [1.165, 1.54) is 49.4 Å². The van der Waals surface area contributed by atoms with Gasteiger partial charge in [0.15, 0.2) is 0 Å². The molecule has 0 aromatic heterocycles. The van der Waals surface area contributed by atoms with E-state index in [9.17, 15) is 17.6 Å². The third kappa shape index (κ3) is 5.96. The van der Waals surface area contributed by atoms with E-state index >= 15 is 0 Å². The van der Waals surface area contributed by atoms with Gasteiger partial charge in [-0.3, -0.25) is 0 Å². The van der Waals surface area contributed by atoms with Crippen LogP contribution < -0.4 is 30.7 Å². The van der Waals surface area contributed by atoms with Gasteiger partial charge in [-0.15, -0.1) is 0 Å². The molecule has 0 aliphatic heterocycles. The zero-order chi connectivity index (χ0) is 22.6. The number of ketones is 1. The van der Waals surface area contributed by atoms with Crippen LogP contribution in [-0.4, -0.2) is 23.0 Å². The van der Waals surface area contributed by atoms with Crippen molar-refractivity contribution in [2.45, 2.75) is 15.7 Å². The summed E-state index contributed by atoms with van der Waals surface area (Å²) in [7, 11) is -4.02. The quantitative estimate of drug-likeness (QED) is 0.254. The number of hydrogen-bond acceptors (Lipinski definition) is 4. The average Bonchev–Trinajstić information content (AvgIpc) is 2.75. The van der Waals surface area contributed by atoms with E-state index < -0.39 is 35.1 Å². The Balaban J connectivity index is 1.89. The second-order valence-electron chi connectivity index (χ2n) is 6.56. The molecule has 31 heavy (non-hydrogen) atoms. The molecule has 0 amide bonds. The Kier molecular flexibility index (Phi) is 7.23. The van der Waals surface area contributed by atoms with Crippen LogP contribution in [-0.2, 0) is 10.0 Å². The minimum absolute atomic E-state index is 0.0559. The van der Waals surface area contributed by atoms with Gasteiger partial charge in [0, 0.05) is 0 Å². The zero-order valence-corrected chi connectivity index (χ0v) is 20.3. The molecule has 0 spiro atoms. The van der Waals surface area contributed by atoms with Crippen molar-refractivity contribution in [3.05, 3.63) is 88.9 Å². The SMILES string of the molecule is C[I-]C(C)(F)Oc1ccc(S(=O)(=O)Nc2ccc(Cl)cc2C(=O)c2ccccc2)cc1. The Bertz CT molecular complexity index is 1190. The standard InChI is InChI=1S/C22H19ClFINO4S/c1-22(24,25-2)30-17-9-11-18(12-10-17)31(28,29)26-20-13-8-16(23)14-19(20)21(27)15-6-4-3-5-7-15/h3-14,26H,1-2H3/q-1. The number of benzene rings is 3. The molecule has 0 saturated heterocycles. The summed E-state index contributed by atoms with van der Waals surface area (Å²) in [6.45, 7) is 1.35. The fourth-order valence-corrected chi connectivity index (χ4v) is 4.40. The number of sulfonamides is 1. The Morgan fingerprint density at radius 2 is 1.71 bits per heavy atom. The molecule has 0 heterocycles. The molecule has 0 fully saturated rings. The van der Waals surface area contributed by atoms with E-state index in [-0.39, 0.29) is 27.7 Å². The van der Waals surface area contributed by atoms with E-state index in [4.69, 9.17) is 16.3 Å². The van der Waals surface area contributed by atoms with Gasteiger partial charge in [0.2, 0.25) is 0 Å². The number of ether oxygens (including phenoxy) is 1. The Hall–Kier alpha value is -2.17. The van der Waals surface area contributed by atoms with Gasteiger partial charge in [-0.2, -0.15) is 0 Å². The first-order valence-corrected chi connectivity index (χ1v) is 14.1. The topological polar surface area (TPSA) is 72.5 Å². The second kappa shape index (κ2) is 9.54. The molecule has 0 saturated carbocycles. The molecule has 0 radical (unpaired) electrons. The van der Waals surface area contributed by atoms with Crippen molar-refractivity contribution in [2.75, 3.05) is 9.65 Å². The third-order valence-corrected chi connectivity index (χ3v) is 8.04. The van der Waals surface area contributed by atoms with Crippen molar-refractivity contribution in [1.29, 1.82) is 0 Å². The normalized spacial score (nSPS) is 13.4. The summed E-state index contributed by atoms with van der Waals surface area (Å²) in [5.74, 6) is -0.133. The van der Waals surface area contributed by atoms with Crippen LogP contribution in [0.25, 0.3) is 0 Å².